The molecule has 0 unspecified atom stereocenters. The van der Waals surface area contributed by atoms with Crippen LogP contribution in [0.2, 0.25) is 0 Å². The number of nitrogens with zero attached hydrogens (tertiary/aromatic N) is 5. The zero-order valence-corrected chi connectivity index (χ0v) is 16.1. The van der Waals surface area contributed by atoms with E-state index in [9.17, 15) is 14.9 Å². The molecule has 2 aromatic carbocycles. The van der Waals surface area contributed by atoms with Crippen molar-refractivity contribution in [3.8, 4) is 16.9 Å². The molecule has 0 saturated carbocycles. The van der Waals surface area contributed by atoms with E-state index in [1.807, 2.05) is 30.3 Å². The zero-order valence-electron chi connectivity index (χ0n) is 16.1. The smallest absolute Gasteiger partial charge is 0.267 e. The van der Waals surface area contributed by atoms with Gasteiger partial charge in [0.05, 0.1) is 16.8 Å². The maximum absolute atomic E-state index is 12.2. The van der Waals surface area contributed by atoms with E-state index in [0.29, 0.717) is 22.5 Å². The molecule has 0 radical (unpaired) electrons. The van der Waals surface area contributed by atoms with Crippen molar-refractivity contribution >= 4 is 17.8 Å². The minimum Gasteiger partial charge on any atom is -0.267 e. The molecule has 2 aromatic heterocycles. The first kappa shape index (κ1) is 19.6. The van der Waals surface area contributed by atoms with Crippen molar-refractivity contribution in [1.29, 1.82) is 0 Å². The number of hydrazone groups is 1. The van der Waals surface area contributed by atoms with Crippen molar-refractivity contribution in [1.82, 2.24) is 20.2 Å². The molecule has 1 amide bonds. The summed E-state index contributed by atoms with van der Waals surface area (Å²) in [5, 5.41) is 19.6. The lowest BCUT2D eigenvalue weighted by Crippen LogP contribution is -2.17. The quantitative estimate of drug-likeness (QED) is 0.295. The summed E-state index contributed by atoms with van der Waals surface area (Å²) in [6, 6.07) is 18.8. The Bertz CT molecular complexity index is 1240. The van der Waals surface area contributed by atoms with Gasteiger partial charge in [-0.05, 0) is 24.3 Å². The number of benzene rings is 2. The molecule has 9 nitrogen and oxygen atoms in total. The average molecular weight is 412 g/mol. The van der Waals surface area contributed by atoms with E-state index >= 15 is 0 Å². The van der Waals surface area contributed by atoms with Crippen LogP contribution in [-0.2, 0) is 0 Å². The Morgan fingerprint density at radius 2 is 1.74 bits per heavy atom. The molecular weight excluding hydrogens is 396 g/mol. The monoisotopic (exact) mass is 412 g/mol. The van der Waals surface area contributed by atoms with Crippen LogP contribution < -0.4 is 5.43 Å². The Balaban J connectivity index is 1.64. The van der Waals surface area contributed by atoms with Gasteiger partial charge in [0, 0.05) is 47.4 Å². The minimum atomic E-state index is -0.453. The highest BCUT2D eigenvalue weighted by atomic mass is 16.6. The van der Waals surface area contributed by atoms with Gasteiger partial charge in [-0.15, -0.1) is 0 Å². The maximum Gasteiger partial charge on any atom is 0.271 e. The predicted octanol–water partition coefficient (Wildman–Crippen LogP) is 3.61. The lowest BCUT2D eigenvalue weighted by molar-refractivity contribution is -0.384. The van der Waals surface area contributed by atoms with Crippen LogP contribution in [0, 0.1) is 10.1 Å². The van der Waals surface area contributed by atoms with Gasteiger partial charge in [0.15, 0.2) is 0 Å². The molecular formula is C22H16N6O3. The second kappa shape index (κ2) is 8.78. The summed E-state index contributed by atoms with van der Waals surface area (Å²) in [5.74, 6) is -0.359. The molecule has 4 aromatic rings. The van der Waals surface area contributed by atoms with Gasteiger partial charge in [-0.25, -0.2) is 10.1 Å². The van der Waals surface area contributed by atoms with Gasteiger partial charge < -0.3 is 0 Å². The third kappa shape index (κ3) is 4.51. The number of amides is 1. The fourth-order valence-electron chi connectivity index (χ4n) is 2.89. The van der Waals surface area contributed by atoms with Gasteiger partial charge in [0.2, 0.25) is 0 Å². The van der Waals surface area contributed by atoms with E-state index < -0.39 is 4.92 Å². The fourth-order valence-corrected chi connectivity index (χ4v) is 2.89. The predicted molar refractivity (Wildman–Crippen MR) is 115 cm³/mol. The third-order valence-electron chi connectivity index (χ3n) is 4.43. The second-order valence-electron chi connectivity index (χ2n) is 6.45. The second-order valence-corrected chi connectivity index (χ2v) is 6.45. The highest BCUT2D eigenvalue weighted by Gasteiger charge is 2.12. The summed E-state index contributed by atoms with van der Waals surface area (Å²) in [6.07, 6.45) is 6.31. The fraction of sp³-hybridized carbons (Fsp3) is 0. The molecule has 9 heteroatoms. The highest BCUT2D eigenvalue weighted by molar-refractivity contribution is 5.95. The molecule has 0 aliphatic heterocycles. The molecule has 4 rings (SSSR count). The lowest BCUT2D eigenvalue weighted by Gasteiger charge is -2.01. The van der Waals surface area contributed by atoms with Crippen LogP contribution in [0.4, 0.5) is 5.69 Å². The standard InChI is InChI=1S/C22H16N6O3/c29-22(17-10-12-23-13-11-17)25-24-14-18-15-27(19-6-8-20(9-7-19)28(30)31)26-21(18)16-4-2-1-3-5-16/h1-15H,(H,25,29)/b24-14-. The third-order valence-corrected chi connectivity index (χ3v) is 4.43. The first-order chi connectivity index (χ1) is 15.1. The van der Waals surface area contributed by atoms with Crippen LogP contribution in [0.25, 0.3) is 16.9 Å². The topological polar surface area (TPSA) is 115 Å². The molecule has 0 aliphatic rings. The van der Waals surface area contributed by atoms with Gasteiger partial charge in [0.25, 0.3) is 11.6 Å². The number of hydrogen-bond donors (Lipinski definition) is 1. The van der Waals surface area contributed by atoms with Gasteiger partial charge in [-0.2, -0.15) is 10.2 Å². The van der Waals surface area contributed by atoms with Crippen LogP contribution in [0.3, 0.4) is 0 Å². The summed E-state index contributed by atoms with van der Waals surface area (Å²) >= 11 is 0. The van der Waals surface area contributed by atoms with Gasteiger partial charge in [0.1, 0.15) is 5.69 Å². The molecule has 0 bridgehead atoms. The molecule has 1 N–H and O–H groups in total. The summed E-state index contributed by atoms with van der Waals surface area (Å²) in [4.78, 5) is 26.5. The molecule has 0 spiro atoms. The van der Waals surface area contributed by atoms with Crippen molar-refractivity contribution in [3.05, 3.63) is 107 Å². The number of aromatic nitrogens is 3. The number of nitro groups is 1. The summed E-state index contributed by atoms with van der Waals surface area (Å²) in [6.45, 7) is 0. The Hall–Kier alpha value is -4.66. The van der Waals surface area contributed by atoms with Crippen LogP contribution in [0.5, 0.6) is 0 Å². The van der Waals surface area contributed by atoms with Crippen LogP contribution >= 0.6 is 0 Å². The van der Waals surface area contributed by atoms with Crippen molar-refractivity contribution in [3.63, 3.8) is 0 Å². The van der Waals surface area contributed by atoms with E-state index in [1.165, 1.54) is 30.7 Å². The first-order valence-electron chi connectivity index (χ1n) is 9.25. The lowest BCUT2D eigenvalue weighted by atomic mass is 10.1. The number of non-ortho nitro benzene ring substituents is 1. The number of carbonyl (C=O) groups excluding carboxylic acids is 1. The van der Waals surface area contributed by atoms with Crippen molar-refractivity contribution in [2.24, 2.45) is 5.10 Å². The average Bonchev–Trinajstić information content (AvgIpc) is 3.24. The molecule has 0 atom stereocenters. The summed E-state index contributed by atoms with van der Waals surface area (Å²) < 4.78 is 1.61. The SMILES string of the molecule is O=C(N/N=C\c1cn(-c2ccc([N+](=O)[O-])cc2)nc1-c1ccccc1)c1ccncc1. The maximum atomic E-state index is 12.2. The first-order valence-corrected chi connectivity index (χ1v) is 9.25. The summed E-state index contributed by atoms with van der Waals surface area (Å²) in [5.41, 5.74) is 5.77. The molecule has 2 heterocycles. The van der Waals surface area contributed by atoms with Crippen LogP contribution in [-0.4, -0.2) is 31.8 Å². The number of carbonyl (C=O) groups is 1. The Morgan fingerprint density at radius 1 is 1.03 bits per heavy atom. The number of rotatable bonds is 6. The molecule has 0 saturated heterocycles. The van der Waals surface area contributed by atoms with E-state index in [0.717, 1.165) is 5.56 Å². The largest absolute Gasteiger partial charge is 0.271 e. The van der Waals surface area contributed by atoms with E-state index in [-0.39, 0.29) is 11.6 Å². The summed E-state index contributed by atoms with van der Waals surface area (Å²) in [7, 11) is 0. The van der Waals surface area contributed by atoms with Crippen molar-refractivity contribution in [2.45, 2.75) is 0 Å². The van der Waals surface area contributed by atoms with E-state index in [4.69, 9.17) is 0 Å². The number of nitrogens with one attached hydrogen (secondary N) is 1. The van der Waals surface area contributed by atoms with Gasteiger partial charge >= 0.3 is 0 Å². The van der Waals surface area contributed by atoms with E-state index in [1.54, 1.807) is 35.1 Å². The van der Waals surface area contributed by atoms with E-state index in [2.05, 4.69) is 20.6 Å². The van der Waals surface area contributed by atoms with Gasteiger partial charge in [-0.1, -0.05) is 30.3 Å². The zero-order chi connectivity index (χ0) is 21.6. The normalized spacial score (nSPS) is 10.8. The molecule has 31 heavy (non-hydrogen) atoms. The van der Waals surface area contributed by atoms with Crippen molar-refractivity contribution < 1.29 is 9.72 Å². The van der Waals surface area contributed by atoms with Crippen LogP contribution in [0.1, 0.15) is 15.9 Å². The van der Waals surface area contributed by atoms with Gasteiger partial charge in [-0.3, -0.25) is 19.9 Å². The Morgan fingerprint density at radius 3 is 2.42 bits per heavy atom. The number of nitro benzene ring substituents is 1. The van der Waals surface area contributed by atoms with Crippen LogP contribution in [0.15, 0.2) is 90.4 Å². The molecule has 0 aliphatic carbocycles. The highest BCUT2D eigenvalue weighted by Crippen LogP contribution is 2.23. The minimum absolute atomic E-state index is 0.000186. The Labute approximate surface area is 176 Å². The van der Waals surface area contributed by atoms with Crippen molar-refractivity contribution in [2.75, 3.05) is 0 Å². The number of hydrogen-bond acceptors (Lipinski definition) is 6. The molecule has 0 fully saturated rings. The Kier molecular flexibility index (Phi) is 5.57. The number of pyridine rings is 1. The molecule has 152 valence electrons.